The first-order chi connectivity index (χ1) is 72.9. The molecule has 23 nitrogen and oxygen atoms in total. The number of unbranched alkanes of at least 4 members (excludes halogenated alkanes) is 5. The molecule has 16 rings (SSSR count). The van der Waals surface area contributed by atoms with Crippen LogP contribution in [0, 0.1) is 0 Å². The zero-order valence-electron chi connectivity index (χ0n) is 87.0. The average molecular weight is 1910 g/mol. The molecule has 4 saturated heterocycles. The fraction of sp³-hybridized carbons (Fsp3) is 0.376. The highest BCUT2D eigenvalue weighted by Crippen LogP contribution is 2.42. The number of hydrogen-bond donors (Lipinski definition) is 2. The molecule has 4 fully saturated rings. The van der Waals surface area contributed by atoms with Crippen LogP contribution in [0.2, 0.25) is 0 Å². The summed E-state index contributed by atoms with van der Waals surface area (Å²) in [7, 11) is 0. The van der Waals surface area contributed by atoms with Gasteiger partial charge >= 0.3 is 5.97 Å². The molecule has 0 aromatic heterocycles. The highest BCUT2D eigenvalue weighted by molar-refractivity contribution is 5.66. The third-order valence-corrected chi connectivity index (χ3v) is 24.1. The monoisotopic (exact) mass is 1910 g/mol. The van der Waals surface area contributed by atoms with Crippen LogP contribution in [-0.4, -0.2) is 172 Å². The number of ether oxygens (including phenoxy) is 20. The quantitative estimate of drug-likeness (QED) is 0.0337. The van der Waals surface area contributed by atoms with E-state index in [1.807, 2.05) is 97.1 Å². The molecule has 0 saturated carbocycles. The van der Waals surface area contributed by atoms with Crippen molar-refractivity contribution in [3.63, 3.8) is 0 Å². The van der Waals surface area contributed by atoms with Crippen molar-refractivity contribution in [3.8, 4) is 0 Å². The molecule has 0 amide bonds. The molecule has 12 aromatic rings. The van der Waals surface area contributed by atoms with Gasteiger partial charge in [-0.15, -0.1) is 0 Å². The van der Waals surface area contributed by atoms with Crippen LogP contribution >= 0.6 is 0 Å². The third-order valence-electron chi connectivity index (χ3n) is 24.1. The fourth-order valence-corrected chi connectivity index (χ4v) is 16.9. The van der Waals surface area contributed by atoms with Gasteiger partial charge in [0, 0.05) is 13.0 Å². The number of aliphatic carboxylic acids is 1. The zero-order chi connectivity index (χ0) is 103. The van der Waals surface area contributed by atoms with Crippen molar-refractivity contribution < 1.29 is 122 Å². The Morgan fingerprint density at radius 1 is 0.229 bits per heavy atom. The summed E-state index contributed by atoms with van der Waals surface area (Å²) in [5.41, 5.74) is 5.69. The summed E-state index contributed by atoms with van der Waals surface area (Å²) in [6.07, 6.45) is -30.4. The van der Waals surface area contributed by atoms with Gasteiger partial charge in [-0.1, -0.05) is 390 Å². The SMILES string of the molecule is [2H]C(OC[C@H]1OC(O[C@@H]2C(O[C@@H]3C(O[C@@H]4[C@H](OCCCCCCCCC(=O)O)O[C@H](COCc5ccccc5)[C@@H](OCc5ccccc5)[C@@H]4OCc4ccccc4)O[C@H](COC([2H])c4ccccc4)[C@@H](OC([2H])c4ccccc4)[C@@H]3OC([2H])c3ccccc3)O[C@H](COC([2H])c3ccccc3)[C@@H](OC([2H])c3ccccc3)[C@@H]2OC([2H])c2ccccc2)[C@@H](O)[C@@H](OC([2H])c2ccccc2)[C@@H]1OC([2H])c1ccccc1)c1ccccc1. The zero-order valence-corrected chi connectivity index (χ0v) is 78.0. The third kappa shape index (κ3) is 31.6. The van der Waals surface area contributed by atoms with Crippen molar-refractivity contribution in [1.29, 1.82) is 0 Å². The van der Waals surface area contributed by atoms with Gasteiger partial charge in [0.1, 0.15) is 97.7 Å². The molecule has 4 aliphatic heterocycles. The number of carboxylic acids is 1. The molecule has 4 heterocycles. The highest BCUT2D eigenvalue weighted by Gasteiger charge is 2.60. The fourth-order valence-electron chi connectivity index (χ4n) is 16.9. The topological polar surface area (TPSA) is 242 Å². The van der Waals surface area contributed by atoms with Gasteiger partial charge in [-0.05, 0) is 79.6 Å². The highest BCUT2D eigenvalue weighted by atomic mass is 16.8. The van der Waals surface area contributed by atoms with Crippen molar-refractivity contribution in [2.75, 3.05) is 33.0 Å². The van der Waals surface area contributed by atoms with Crippen LogP contribution in [0.25, 0.3) is 0 Å². The summed E-state index contributed by atoms with van der Waals surface area (Å²) in [4.78, 5) is 11.7. The Morgan fingerprint density at radius 2 is 0.457 bits per heavy atom. The molecule has 2 N–H and O–H groups in total. The predicted molar refractivity (Wildman–Crippen MR) is 526 cm³/mol. The van der Waals surface area contributed by atoms with E-state index in [0.29, 0.717) is 75.8 Å². The Labute approximate surface area is 834 Å². The van der Waals surface area contributed by atoms with Crippen molar-refractivity contribution in [1.82, 2.24) is 0 Å². The summed E-state index contributed by atoms with van der Waals surface area (Å²) < 4.78 is 236. The van der Waals surface area contributed by atoms with Crippen LogP contribution in [0.4, 0.5) is 0 Å². The maximum Gasteiger partial charge on any atom is 0.303 e. The Kier molecular flexibility index (Phi) is 36.3. The van der Waals surface area contributed by atoms with Crippen LogP contribution < -0.4 is 0 Å². The minimum atomic E-state index is -2.18. The van der Waals surface area contributed by atoms with Crippen molar-refractivity contribution in [2.45, 2.75) is 247 Å². The van der Waals surface area contributed by atoms with Crippen LogP contribution in [0.15, 0.2) is 364 Å². The van der Waals surface area contributed by atoms with E-state index < -0.39 is 208 Å². The number of aliphatic hydroxyl groups excluding tert-OH is 1. The maximum atomic E-state index is 14.1. The summed E-state index contributed by atoms with van der Waals surface area (Å²) >= 11 is 0. The summed E-state index contributed by atoms with van der Waals surface area (Å²) in [6, 6.07) is 107. The van der Waals surface area contributed by atoms with Crippen LogP contribution in [0.3, 0.4) is 0 Å². The second kappa shape index (κ2) is 56.2. The number of hydrogen-bond acceptors (Lipinski definition) is 22. The molecule has 0 aliphatic carbocycles. The van der Waals surface area contributed by atoms with Gasteiger partial charge in [0.2, 0.25) is 0 Å². The molecule has 140 heavy (non-hydrogen) atoms. The molecule has 736 valence electrons. The van der Waals surface area contributed by atoms with Gasteiger partial charge in [0.25, 0.3) is 0 Å². The lowest BCUT2D eigenvalue weighted by molar-refractivity contribution is -0.416. The van der Waals surface area contributed by atoms with Gasteiger partial charge in [0.05, 0.1) is 118 Å². The number of carboxylic acid groups (broad SMARTS) is 1. The van der Waals surface area contributed by atoms with Crippen molar-refractivity contribution >= 4 is 5.97 Å². The standard InChI is InChI=1S/C117H130O23/c118-101(119)67-41-3-1-2-4-42-68-125-115-111(108(131-78-94-61-35-14-36-62-94)104(127-74-90-53-27-10-28-54-90)98(135-115)82-122-70-86-45-19-6-20-46-86)139-117-113(110(133-80-96-65-39-16-40-66-96)106(129-76-92-57-31-12-32-58-92)100(137-117)84-124-72-88-49-23-8-24-50-88)140-116-112(109(132-79-95-63-37-15-38-64-95)105(128-75-91-55-29-11-30-56-91)99(136-116)83-123-71-87-47-21-7-22-48-87)138-114-102(120)107(130-77-93-59-33-13-34-60-93)103(126-73-89-51-25-9-26-52-89)97(134-114)81-121-69-85-43-17-5-18-44-85/h5-40,43-66,97-100,102-117,120H,1-4,41-42,67-84H2,(H,118,119)/t97-,98-,99-,100-,102+,103-,104-,105-,106-,107-,108+,109+,110+,111+,112+,113+,114?,115-,116?,117?/m1/s1/i69D,71D,72D,73D,75D,76D,77D,79D,80D/t69?,71?,72?,73?,75?,76?,77?,79?,80?,97-,98-,99-,100-,102+,103-,104-,105-,106-,107-,108+,109+,110+,111+,112+,113+,114?,115-,116?,117?. The van der Waals surface area contributed by atoms with E-state index in [2.05, 4.69) is 0 Å². The van der Waals surface area contributed by atoms with E-state index in [-0.39, 0.29) is 39.5 Å². The number of rotatable bonds is 56. The van der Waals surface area contributed by atoms with Gasteiger partial charge in [-0.25, -0.2) is 0 Å². The van der Waals surface area contributed by atoms with E-state index in [1.54, 1.807) is 267 Å². The van der Waals surface area contributed by atoms with Gasteiger partial charge in [-0.3, -0.25) is 4.79 Å². The molecule has 12 unspecified atom stereocenters. The van der Waals surface area contributed by atoms with Crippen molar-refractivity contribution in [2.24, 2.45) is 0 Å². The first-order valence-electron chi connectivity index (χ1n) is 53.1. The largest absolute Gasteiger partial charge is 0.481 e. The lowest BCUT2D eigenvalue weighted by Crippen LogP contribution is -2.69. The lowest BCUT2D eigenvalue weighted by Gasteiger charge is -2.52. The first-order valence-corrected chi connectivity index (χ1v) is 47.9. The molecule has 12 aromatic carbocycles. The molecular formula is C117H130O23. The molecule has 0 bridgehead atoms. The first kappa shape index (κ1) is 90.5. The Hall–Kier alpha value is -10.7. The average Bonchev–Trinajstić information content (AvgIpc) is 0.748. The van der Waals surface area contributed by atoms with E-state index in [9.17, 15) is 27.3 Å². The maximum absolute atomic E-state index is 14.1. The van der Waals surface area contributed by atoms with Crippen LogP contribution in [-0.2, 0) is 179 Å². The minimum Gasteiger partial charge on any atom is -0.481 e. The Morgan fingerprint density at radius 3 is 0.793 bits per heavy atom. The second-order valence-corrected chi connectivity index (χ2v) is 34.5. The summed E-state index contributed by atoms with van der Waals surface area (Å²) in [6.45, 7) is -15.9. The van der Waals surface area contributed by atoms with E-state index in [0.717, 1.165) is 29.5 Å². The second-order valence-electron chi connectivity index (χ2n) is 34.5. The van der Waals surface area contributed by atoms with Gasteiger partial charge < -0.3 is 105 Å². The molecule has 0 radical (unpaired) electrons. The summed E-state index contributed by atoms with van der Waals surface area (Å²) in [5.74, 6) is -0.871. The number of aliphatic hydroxyl groups is 1. The number of carbonyl (C=O) groups is 1. The molecular weight excluding hydrogens is 1770 g/mol. The van der Waals surface area contributed by atoms with E-state index in [1.165, 1.54) is 0 Å². The summed E-state index contributed by atoms with van der Waals surface area (Å²) in [5, 5.41) is 23.7. The molecule has 4 aliphatic rings. The van der Waals surface area contributed by atoms with E-state index in [4.69, 9.17) is 94.7 Å². The molecule has 23 heteroatoms. The lowest BCUT2D eigenvalue weighted by atomic mass is 9.94. The minimum absolute atomic E-state index is 0.0155. The Balaban J connectivity index is 0.916. The Bertz CT molecular complexity index is 5770. The normalized spacial score (nSPS) is 27.6. The van der Waals surface area contributed by atoms with Crippen LogP contribution in [0.5, 0.6) is 0 Å². The van der Waals surface area contributed by atoms with Crippen LogP contribution in [0.1, 0.15) is 124 Å². The smallest absolute Gasteiger partial charge is 0.303 e. The van der Waals surface area contributed by atoms with Gasteiger partial charge in [-0.2, -0.15) is 0 Å². The molecule has 0 spiro atoms. The molecule has 29 atom stereocenters. The number of benzene rings is 12. The predicted octanol–water partition coefficient (Wildman–Crippen LogP) is 19.8. The van der Waals surface area contributed by atoms with Gasteiger partial charge in [0.15, 0.2) is 25.2 Å². The van der Waals surface area contributed by atoms with E-state index >= 15 is 0 Å². The van der Waals surface area contributed by atoms with Crippen molar-refractivity contribution in [3.05, 3.63) is 431 Å².